The summed E-state index contributed by atoms with van der Waals surface area (Å²) in [7, 11) is 2.60. The van der Waals surface area contributed by atoms with Gasteiger partial charge in [-0.1, -0.05) is 0 Å². The van der Waals surface area contributed by atoms with E-state index in [2.05, 4.69) is 4.84 Å². The fourth-order valence-corrected chi connectivity index (χ4v) is 4.04. The number of ether oxygens (including phenoxy) is 5. The van der Waals surface area contributed by atoms with E-state index in [-0.39, 0.29) is 28.9 Å². The Morgan fingerprint density at radius 1 is 1.22 bits per heavy atom. The lowest BCUT2D eigenvalue weighted by molar-refractivity contribution is -0.305. The van der Waals surface area contributed by atoms with Gasteiger partial charge < -0.3 is 38.3 Å². The number of carbonyl (C=O) groups is 2. The van der Waals surface area contributed by atoms with Gasteiger partial charge in [0.05, 0.1) is 24.7 Å². The minimum atomic E-state index is -1.51. The Morgan fingerprint density at radius 3 is 2.53 bits per heavy atom. The lowest BCUT2D eigenvalue weighted by Crippen LogP contribution is -2.65. The minimum Gasteiger partial charge on any atom is -0.506 e. The molecule has 0 bridgehead atoms. The van der Waals surface area contributed by atoms with Crippen LogP contribution in [0.3, 0.4) is 0 Å². The van der Waals surface area contributed by atoms with Crippen LogP contribution in [0, 0.1) is 6.92 Å². The van der Waals surface area contributed by atoms with Crippen molar-refractivity contribution in [2.24, 2.45) is 0 Å². The number of rotatable bonds is 7. The molecule has 3 N–H and O–H groups in total. The Hall–Kier alpha value is -3.39. The van der Waals surface area contributed by atoms with Gasteiger partial charge >= 0.3 is 17.7 Å². The molecule has 1 amide bonds. The highest BCUT2D eigenvalue weighted by atomic mass is 16.7. The summed E-state index contributed by atoms with van der Waals surface area (Å²) >= 11 is 0. The lowest BCUT2D eigenvalue weighted by Gasteiger charge is -2.47. The predicted molar refractivity (Wildman–Crippen MR) is 122 cm³/mol. The Bertz CT molecular complexity index is 1190. The summed E-state index contributed by atoms with van der Waals surface area (Å²) in [4.78, 5) is 41.0. The molecule has 0 aliphatic carbocycles. The third kappa shape index (κ3) is 5.09. The topological polar surface area (TPSA) is 172 Å². The summed E-state index contributed by atoms with van der Waals surface area (Å²) < 4.78 is 32.6. The van der Waals surface area contributed by atoms with Gasteiger partial charge in [-0.25, -0.2) is 14.4 Å². The molecule has 13 heteroatoms. The van der Waals surface area contributed by atoms with Crippen molar-refractivity contribution in [1.29, 1.82) is 0 Å². The minimum absolute atomic E-state index is 0.00336. The molecule has 0 saturated carbocycles. The maximum atomic E-state index is 12.4. The van der Waals surface area contributed by atoms with Crippen LogP contribution in [-0.2, 0) is 23.8 Å². The van der Waals surface area contributed by atoms with Crippen LogP contribution in [-0.4, -0.2) is 73.3 Å². The number of benzene rings is 1. The predicted octanol–water partition coefficient (Wildman–Crippen LogP) is 1.53. The number of fused-ring (bicyclic) bond motifs is 1. The first-order valence-corrected chi connectivity index (χ1v) is 11.0. The number of hydroxylamine groups is 1. The van der Waals surface area contributed by atoms with E-state index >= 15 is 0 Å². The molecule has 1 aromatic carbocycles. The van der Waals surface area contributed by atoms with Crippen LogP contribution in [0.1, 0.15) is 36.7 Å². The highest BCUT2D eigenvalue weighted by Gasteiger charge is 2.53. The van der Waals surface area contributed by atoms with Crippen molar-refractivity contribution < 1.29 is 52.7 Å². The number of esters is 1. The monoisotopic (exact) mass is 511 g/mol. The first-order valence-electron chi connectivity index (χ1n) is 11.0. The SMILES string of the molecule is CCOC(=O)c1c(O)c2ccc(O[C@@H]3OC(C)(C)[C@H](OC)[C@@H](OC(=O)NOC)[C@H]3O)c(C)c2oc1=O. The zero-order valence-electron chi connectivity index (χ0n) is 20.6. The Balaban J connectivity index is 1.98. The average Bonchev–Trinajstić information content (AvgIpc) is 2.79. The fourth-order valence-electron chi connectivity index (χ4n) is 4.04. The van der Waals surface area contributed by atoms with Crippen LogP contribution in [0.15, 0.2) is 21.3 Å². The van der Waals surface area contributed by atoms with Crippen molar-refractivity contribution in [3.8, 4) is 11.5 Å². The van der Waals surface area contributed by atoms with E-state index < -0.39 is 59.2 Å². The first kappa shape index (κ1) is 27.2. The van der Waals surface area contributed by atoms with Crippen molar-refractivity contribution >= 4 is 23.0 Å². The third-order valence-electron chi connectivity index (χ3n) is 5.67. The molecule has 13 nitrogen and oxygen atoms in total. The molecule has 0 unspecified atom stereocenters. The van der Waals surface area contributed by atoms with Crippen LogP contribution >= 0.6 is 0 Å². The number of aliphatic hydroxyl groups excluding tert-OH is 1. The second-order valence-corrected chi connectivity index (χ2v) is 8.43. The molecule has 1 aromatic heterocycles. The molecule has 2 heterocycles. The van der Waals surface area contributed by atoms with Crippen molar-refractivity contribution in [2.45, 2.75) is 57.9 Å². The number of aromatic hydroxyl groups is 1. The summed E-state index contributed by atoms with van der Waals surface area (Å²) in [5.41, 5.74) is -0.565. The summed E-state index contributed by atoms with van der Waals surface area (Å²) in [5.74, 6) is -1.48. The smallest absolute Gasteiger partial charge is 0.431 e. The van der Waals surface area contributed by atoms with Crippen molar-refractivity contribution in [2.75, 3.05) is 20.8 Å². The molecular weight excluding hydrogens is 482 g/mol. The Kier molecular flexibility index (Phi) is 8.09. The Labute approximate surface area is 205 Å². The lowest BCUT2D eigenvalue weighted by atomic mass is 9.89. The van der Waals surface area contributed by atoms with Gasteiger partial charge in [0.15, 0.2) is 17.8 Å². The van der Waals surface area contributed by atoms with Gasteiger partial charge in [-0.15, -0.1) is 0 Å². The highest BCUT2D eigenvalue weighted by Crippen LogP contribution is 2.37. The van der Waals surface area contributed by atoms with Gasteiger partial charge in [-0.2, -0.15) is 5.48 Å². The van der Waals surface area contributed by atoms with Crippen LogP contribution in [0.2, 0.25) is 0 Å². The van der Waals surface area contributed by atoms with E-state index in [1.807, 2.05) is 5.48 Å². The van der Waals surface area contributed by atoms with Gasteiger partial charge in [0.2, 0.25) is 6.29 Å². The highest BCUT2D eigenvalue weighted by molar-refractivity contribution is 5.99. The molecule has 1 fully saturated rings. The molecule has 2 aromatic rings. The largest absolute Gasteiger partial charge is 0.506 e. The van der Waals surface area contributed by atoms with E-state index in [4.69, 9.17) is 28.1 Å². The summed E-state index contributed by atoms with van der Waals surface area (Å²) in [5, 5.41) is 21.6. The summed E-state index contributed by atoms with van der Waals surface area (Å²) in [6.07, 6.45) is -5.90. The first-order chi connectivity index (χ1) is 17.0. The summed E-state index contributed by atoms with van der Waals surface area (Å²) in [6.45, 7) is 6.43. The number of methoxy groups -OCH3 is 1. The normalized spacial score (nSPS) is 23.2. The quantitative estimate of drug-likeness (QED) is 0.278. The number of carbonyl (C=O) groups excluding carboxylic acids is 2. The number of aryl methyl sites for hydroxylation is 1. The fraction of sp³-hybridized carbons (Fsp3) is 0.522. The maximum absolute atomic E-state index is 12.4. The molecule has 3 rings (SSSR count). The maximum Gasteiger partial charge on any atom is 0.431 e. The molecule has 4 atom stereocenters. The average molecular weight is 511 g/mol. The van der Waals surface area contributed by atoms with Crippen molar-refractivity contribution in [3.63, 3.8) is 0 Å². The van der Waals surface area contributed by atoms with E-state index in [1.54, 1.807) is 27.7 Å². The van der Waals surface area contributed by atoms with E-state index in [1.165, 1.54) is 26.4 Å². The van der Waals surface area contributed by atoms with Gasteiger partial charge in [-0.05, 0) is 39.8 Å². The Morgan fingerprint density at radius 2 is 1.92 bits per heavy atom. The van der Waals surface area contributed by atoms with E-state index in [0.717, 1.165) is 0 Å². The van der Waals surface area contributed by atoms with Gasteiger partial charge in [0.25, 0.3) is 0 Å². The number of nitrogens with one attached hydrogen (secondary N) is 1. The molecule has 0 spiro atoms. The van der Waals surface area contributed by atoms with Crippen LogP contribution in [0.4, 0.5) is 4.79 Å². The zero-order valence-corrected chi connectivity index (χ0v) is 20.6. The van der Waals surface area contributed by atoms with Crippen LogP contribution < -0.4 is 15.8 Å². The molecule has 1 aliphatic heterocycles. The summed E-state index contributed by atoms with van der Waals surface area (Å²) in [6, 6.07) is 2.81. The van der Waals surface area contributed by atoms with Crippen LogP contribution in [0.5, 0.6) is 11.5 Å². The van der Waals surface area contributed by atoms with E-state index in [0.29, 0.717) is 0 Å². The number of aliphatic hydroxyl groups is 1. The molecule has 198 valence electrons. The van der Waals surface area contributed by atoms with Crippen LogP contribution in [0.25, 0.3) is 11.0 Å². The second kappa shape index (κ2) is 10.7. The standard InChI is InChI=1S/C23H29NO12/c1-7-32-19(27)13-14(25)11-8-9-12(10(2)16(11)34-20(13)28)33-21-15(26)17(35-22(29)24-31-6)18(30-5)23(3,4)36-21/h8-9,15,17-18,21,25-26H,7H2,1-6H3,(H,24,29)/t15-,17+,18-,21-/m1/s1. The molecule has 1 aliphatic rings. The zero-order chi connectivity index (χ0) is 26.8. The van der Waals surface area contributed by atoms with E-state index in [9.17, 15) is 24.6 Å². The molecule has 36 heavy (non-hydrogen) atoms. The van der Waals surface area contributed by atoms with Gasteiger partial charge in [-0.3, -0.25) is 4.84 Å². The number of hydrogen-bond acceptors (Lipinski definition) is 12. The number of amides is 1. The molecular formula is C23H29NO12. The second-order valence-electron chi connectivity index (χ2n) is 8.43. The number of hydrogen-bond donors (Lipinski definition) is 3. The van der Waals surface area contributed by atoms with Crippen molar-refractivity contribution in [3.05, 3.63) is 33.7 Å². The van der Waals surface area contributed by atoms with Crippen molar-refractivity contribution in [1.82, 2.24) is 5.48 Å². The van der Waals surface area contributed by atoms with Gasteiger partial charge in [0.1, 0.15) is 23.2 Å². The molecule has 0 radical (unpaired) electrons. The molecule has 1 saturated heterocycles. The van der Waals surface area contributed by atoms with Gasteiger partial charge in [0, 0.05) is 12.7 Å². The third-order valence-corrected chi connectivity index (χ3v) is 5.67.